The number of imide groups is 1. The Bertz CT molecular complexity index is 1370. The summed E-state index contributed by atoms with van der Waals surface area (Å²) in [5.74, 6) is -1.48. The van der Waals surface area contributed by atoms with Crippen molar-refractivity contribution >= 4 is 35.1 Å². The normalized spacial score (nSPS) is 20.3. The number of carbonyl (C=O) groups excluding carboxylic acids is 4. The molecule has 5 rings (SSSR count). The van der Waals surface area contributed by atoms with Crippen molar-refractivity contribution in [1.82, 2.24) is 0 Å². The van der Waals surface area contributed by atoms with Crippen molar-refractivity contribution in [3.05, 3.63) is 90.0 Å². The summed E-state index contributed by atoms with van der Waals surface area (Å²) >= 11 is 0. The largest absolute Gasteiger partial charge is 0.494 e. The summed E-state index contributed by atoms with van der Waals surface area (Å²) in [6.45, 7) is 1.94. The molecule has 0 aromatic heterocycles. The van der Waals surface area contributed by atoms with E-state index in [0.717, 1.165) is 6.42 Å². The van der Waals surface area contributed by atoms with Crippen LogP contribution in [0.5, 0.6) is 5.75 Å². The van der Waals surface area contributed by atoms with Crippen molar-refractivity contribution < 1.29 is 28.7 Å². The predicted octanol–water partition coefficient (Wildman–Crippen LogP) is 4.95. The van der Waals surface area contributed by atoms with Gasteiger partial charge in [0.1, 0.15) is 5.75 Å². The summed E-state index contributed by atoms with van der Waals surface area (Å²) in [6, 6.07) is 23.2. The predicted molar refractivity (Wildman–Crippen MR) is 145 cm³/mol. The number of amides is 3. The fourth-order valence-corrected chi connectivity index (χ4v) is 5.45. The summed E-state index contributed by atoms with van der Waals surface area (Å²) in [7, 11) is 0. The van der Waals surface area contributed by atoms with E-state index in [2.05, 4.69) is 17.4 Å². The SMILES string of the molecule is CCOc1ccc(NC(=O)COC(=O)c2cccc(N3C(=O)[C@@H]4CC[C@H](c5ccccc5)C[C@H]4C3=O)c2)cc1. The molecule has 8 nitrogen and oxygen atoms in total. The zero-order valence-electron chi connectivity index (χ0n) is 21.7. The third-order valence-corrected chi connectivity index (χ3v) is 7.32. The van der Waals surface area contributed by atoms with E-state index in [0.29, 0.717) is 36.6 Å². The Labute approximate surface area is 226 Å². The maximum absolute atomic E-state index is 13.4. The molecule has 1 N–H and O–H groups in total. The lowest BCUT2D eigenvalue weighted by atomic mass is 9.73. The average Bonchev–Trinajstić information content (AvgIpc) is 3.22. The second-order valence-electron chi connectivity index (χ2n) is 9.78. The molecule has 0 spiro atoms. The molecular weight excluding hydrogens is 496 g/mol. The van der Waals surface area contributed by atoms with Gasteiger partial charge in [-0.1, -0.05) is 36.4 Å². The molecule has 0 unspecified atom stereocenters. The fourth-order valence-electron chi connectivity index (χ4n) is 5.45. The lowest BCUT2D eigenvalue weighted by Gasteiger charge is -2.28. The van der Waals surface area contributed by atoms with Gasteiger partial charge in [0.25, 0.3) is 5.91 Å². The highest BCUT2D eigenvalue weighted by molar-refractivity contribution is 6.22. The van der Waals surface area contributed by atoms with Gasteiger partial charge in [-0.15, -0.1) is 0 Å². The molecule has 1 aliphatic carbocycles. The molecule has 3 aromatic carbocycles. The minimum Gasteiger partial charge on any atom is -0.494 e. The number of benzene rings is 3. The molecule has 0 radical (unpaired) electrons. The van der Waals surface area contributed by atoms with Crippen LogP contribution in [0.3, 0.4) is 0 Å². The number of hydrogen-bond donors (Lipinski definition) is 1. The number of anilines is 2. The minimum atomic E-state index is -0.723. The Kier molecular flexibility index (Phi) is 7.72. The van der Waals surface area contributed by atoms with Crippen molar-refractivity contribution in [2.45, 2.75) is 32.1 Å². The molecule has 3 aromatic rings. The van der Waals surface area contributed by atoms with Gasteiger partial charge in [-0.2, -0.15) is 0 Å². The first-order chi connectivity index (χ1) is 18.9. The molecular formula is C31H30N2O6. The highest BCUT2D eigenvalue weighted by atomic mass is 16.5. The molecule has 2 fully saturated rings. The second-order valence-corrected chi connectivity index (χ2v) is 9.78. The van der Waals surface area contributed by atoms with Crippen LogP contribution in [0.1, 0.15) is 48.0 Å². The summed E-state index contributed by atoms with van der Waals surface area (Å²) in [4.78, 5) is 52.8. The van der Waals surface area contributed by atoms with Crippen LogP contribution in [-0.2, 0) is 19.1 Å². The Hall–Kier alpha value is -4.46. The maximum Gasteiger partial charge on any atom is 0.338 e. The van der Waals surface area contributed by atoms with Crippen molar-refractivity contribution in [1.29, 1.82) is 0 Å². The zero-order valence-corrected chi connectivity index (χ0v) is 21.7. The molecule has 1 saturated carbocycles. The van der Waals surface area contributed by atoms with Gasteiger partial charge < -0.3 is 14.8 Å². The van der Waals surface area contributed by atoms with E-state index >= 15 is 0 Å². The Morgan fingerprint density at radius 3 is 2.38 bits per heavy atom. The van der Waals surface area contributed by atoms with Crippen molar-refractivity contribution in [3.63, 3.8) is 0 Å². The third-order valence-electron chi connectivity index (χ3n) is 7.32. The highest BCUT2D eigenvalue weighted by Gasteiger charge is 2.50. The minimum absolute atomic E-state index is 0.152. The molecule has 0 bridgehead atoms. The van der Waals surface area contributed by atoms with Crippen LogP contribution in [-0.4, -0.2) is 36.9 Å². The van der Waals surface area contributed by atoms with E-state index in [4.69, 9.17) is 9.47 Å². The number of nitrogens with one attached hydrogen (secondary N) is 1. The van der Waals surface area contributed by atoms with Gasteiger partial charge in [0, 0.05) is 5.69 Å². The van der Waals surface area contributed by atoms with E-state index < -0.39 is 18.5 Å². The number of carbonyl (C=O) groups is 4. The maximum atomic E-state index is 13.4. The van der Waals surface area contributed by atoms with Gasteiger partial charge in [0.15, 0.2) is 6.61 Å². The van der Waals surface area contributed by atoms with Crippen LogP contribution in [0.2, 0.25) is 0 Å². The quantitative estimate of drug-likeness (QED) is 0.329. The summed E-state index contributed by atoms with van der Waals surface area (Å²) in [5, 5.41) is 2.66. The molecule has 3 atom stereocenters. The first-order valence-corrected chi connectivity index (χ1v) is 13.2. The molecule has 1 saturated heterocycles. The molecule has 1 heterocycles. The van der Waals surface area contributed by atoms with Gasteiger partial charge in [0.2, 0.25) is 11.8 Å². The van der Waals surface area contributed by atoms with Crippen LogP contribution in [0.4, 0.5) is 11.4 Å². The van der Waals surface area contributed by atoms with Crippen molar-refractivity contribution in [3.8, 4) is 5.75 Å². The van der Waals surface area contributed by atoms with Crippen LogP contribution in [0.15, 0.2) is 78.9 Å². The van der Waals surface area contributed by atoms with E-state index in [1.165, 1.54) is 22.6 Å². The number of fused-ring (bicyclic) bond motifs is 1. The lowest BCUT2D eigenvalue weighted by molar-refractivity contribution is -0.122. The number of hydrogen-bond acceptors (Lipinski definition) is 6. The van der Waals surface area contributed by atoms with E-state index in [1.54, 1.807) is 36.4 Å². The number of ether oxygens (including phenoxy) is 2. The molecule has 3 amide bonds. The smallest absolute Gasteiger partial charge is 0.338 e. The lowest BCUT2D eigenvalue weighted by Crippen LogP contribution is -2.31. The van der Waals surface area contributed by atoms with Gasteiger partial charge in [-0.3, -0.25) is 19.3 Å². The highest BCUT2D eigenvalue weighted by Crippen LogP contribution is 2.45. The number of esters is 1. The van der Waals surface area contributed by atoms with Crippen LogP contribution < -0.4 is 15.0 Å². The average molecular weight is 527 g/mol. The number of nitrogens with zero attached hydrogens (tertiary/aromatic N) is 1. The Balaban J connectivity index is 1.21. The van der Waals surface area contributed by atoms with Crippen LogP contribution >= 0.6 is 0 Å². The van der Waals surface area contributed by atoms with Crippen molar-refractivity contribution in [2.75, 3.05) is 23.4 Å². The van der Waals surface area contributed by atoms with Gasteiger partial charge in [-0.25, -0.2) is 4.79 Å². The van der Waals surface area contributed by atoms with Gasteiger partial charge >= 0.3 is 5.97 Å². The van der Waals surface area contributed by atoms with Gasteiger partial charge in [-0.05, 0) is 80.1 Å². The summed E-state index contributed by atoms with van der Waals surface area (Å²) < 4.78 is 10.6. The summed E-state index contributed by atoms with van der Waals surface area (Å²) in [6.07, 6.45) is 2.13. The Morgan fingerprint density at radius 2 is 1.64 bits per heavy atom. The van der Waals surface area contributed by atoms with E-state index in [9.17, 15) is 19.2 Å². The van der Waals surface area contributed by atoms with Crippen LogP contribution in [0, 0.1) is 11.8 Å². The topological polar surface area (TPSA) is 102 Å². The molecule has 200 valence electrons. The number of rotatable bonds is 8. The molecule has 2 aliphatic rings. The first-order valence-electron chi connectivity index (χ1n) is 13.2. The molecule has 8 heteroatoms. The monoisotopic (exact) mass is 526 g/mol. The molecule has 1 aliphatic heterocycles. The second kappa shape index (κ2) is 11.5. The third kappa shape index (κ3) is 5.70. The fraction of sp³-hybridized carbons (Fsp3) is 0.290. The standard InChI is InChI=1S/C31H30N2O6/c1-2-38-25-14-12-23(13-15-25)32-28(34)19-39-31(37)22-9-6-10-24(17-22)33-29(35)26-16-11-21(18-27(26)30(33)36)20-7-4-3-5-8-20/h3-10,12-15,17,21,26-27H,2,11,16,18-19H2,1H3,(H,32,34)/t21-,26+,27+/m0/s1. The van der Waals surface area contributed by atoms with Crippen LogP contribution in [0.25, 0.3) is 0 Å². The van der Waals surface area contributed by atoms with E-state index in [1.807, 2.05) is 25.1 Å². The van der Waals surface area contributed by atoms with E-state index in [-0.39, 0.29) is 35.1 Å². The molecule has 39 heavy (non-hydrogen) atoms. The zero-order chi connectivity index (χ0) is 27.4. The van der Waals surface area contributed by atoms with Crippen molar-refractivity contribution in [2.24, 2.45) is 11.8 Å². The first kappa shape index (κ1) is 26.2. The Morgan fingerprint density at radius 1 is 0.897 bits per heavy atom. The van der Waals surface area contributed by atoms with Gasteiger partial charge in [0.05, 0.1) is 29.7 Å². The summed E-state index contributed by atoms with van der Waals surface area (Å²) in [5.41, 5.74) is 2.22.